The van der Waals surface area contributed by atoms with Crippen LogP contribution in [-0.2, 0) is 19.1 Å². The average Bonchev–Trinajstić information content (AvgIpc) is 3.37. The van der Waals surface area contributed by atoms with Crippen molar-refractivity contribution in [3.05, 3.63) is 35.2 Å². The van der Waals surface area contributed by atoms with E-state index in [1.165, 1.54) is 16.2 Å². The maximum atomic E-state index is 12.7. The van der Waals surface area contributed by atoms with Gasteiger partial charge in [0.15, 0.2) is 0 Å². The van der Waals surface area contributed by atoms with Crippen molar-refractivity contribution in [1.29, 1.82) is 0 Å². The number of ether oxygens (including phenoxy) is 2. The molecule has 2 unspecified atom stereocenters. The number of imide groups is 1. The van der Waals surface area contributed by atoms with Crippen LogP contribution < -0.4 is 10.1 Å². The number of amides is 3. The number of esters is 1. The molecule has 1 N–H and O–H groups in total. The number of fused-ring (bicyclic) bond motifs is 1. The van der Waals surface area contributed by atoms with Gasteiger partial charge in [-0.15, -0.1) is 11.3 Å². The smallest absolute Gasteiger partial charge is 0.341 e. The van der Waals surface area contributed by atoms with Gasteiger partial charge in [-0.05, 0) is 37.5 Å². The highest BCUT2D eigenvalue weighted by Gasteiger charge is 2.47. The summed E-state index contributed by atoms with van der Waals surface area (Å²) in [6, 6.07) is 7.25. The number of methoxy groups -OCH3 is 1. The van der Waals surface area contributed by atoms with Crippen molar-refractivity contribution in [2.45, 2.75) is 39.0 Å². The molecule has 2 aliphatic rings. The van der Waals surface area contributed by atoms with E-state index in [2.05, 4.69) is 5.32 Å². The van der Waals surface area contributed by atoms with Crippen LogP contribution in [0.2, 0.25) is 0 Å². The Labute approximate surface area is 202 Å². The van der Waals surface area contributed by atoms with Gasteiger partial charge in [0.2, 0.25) is 17.7 Å². The Hall–Kier alpha value is -3.20. The van der Waals surface area contributed by atoms with Gasteiger partial charge < -0.3 is 14.8 Å². The first-order valence-corrected chi connectivity index (χ1v) is 12.4. The lowest BCUT2D eigenvalue weighted by Crippen LogP contribution is -2.34. The van der Waals surface area contributed by atoms with Gasteiger partial charge in [0.1, 0.15) is 16.3 Å². The summed E-state index contributed by atoms with van der Waals surface area (Å²) in [5.41, 5.74) is 1.72. The zero-order valence-corrected chi connectivity index (χ0v) is 20.1. The summed E-state index contributed by atoms with van der Waals surface area (Å²) < 4.78 is 10.4. The van der Waals surface area contributed by atoms with Gasteiger partial charge in [0.25, 0.3) is 0 Å². The van der Waals surface area contributed by atoms with Crippen LogP contribution in [0, 0.1) is 11.8 Å². The van der Waals surface area contributed by atoms with Crippen LogP contribution in [0.15, 0.2) is 29.6 Å². The van der Waals surface area contributed by atoms with Crippen LogP contribution in [0.25, 0.3) is 11.1 Å². The summed E-state index contributed by atoms with van der Waals surface area (Å²) in [5.74, 6) is -0.993. The molecular weight excluding hydrogens is 456 g/mol. The number of nitrogens with zero attached hydrogens (tertiary/aromatic N) is 1. The third-order valence-corrected chi connectivity index (χ3v) is 7.31. The number of carbonyl (C=O) groups is 4. The van der Waals surface area contributed by atoms with Crippen molar-refractivity contribution in [1.82, 2.24) is 4.90 Å². The van der Waals surface area contributed by atoms with Crippen molar-refractivity contribution < 1.29 is 28.7 Å². The minimum Gasteiger partial charge on any atom is -0.497 e. The minimum atomic E-state index is -0.529. The Morgan fingerprint density at radius 2 is 1.74 bits per heavy atom. The predicted octanol–water partition coefficient (Wildman–Crippen LogP) is 4.10. The van der Waals surface area contributed by atoms with Crippen LogP contribution in [0.1, 0.15) is 49.4 Å². The maximum absolute atomic E-state index is 12.7. The average molecular weight is 485 g/mol. The Morgan fingerprint density at radius 1 is 1.09 bits per heavy atom. The van der Waals surface area contributed by atoms with Gasteiger partial charge in [-0.2, -0.15) is 0 Å². The van der Waals surface area contributed by atoms with Crippen molar-refractivity contribution in [3.63, 3.8) is 0 Å². The number of thiophene rings is 1. The third-order valence-electron chi connectivity index (χ3n) is 6.42. The molecule has 8 nitrogen and oxygen atoms in total. The second kappa shape index (κ2) is 10.4. The summed E-state index contributed by atoms with van der Waals surface area (Å²) in [4.78, 5) is 52.0. The SMILES string of the molecule is CCOC(=O)c1c(-c2ccc(OC)cc2)csc1NC(=O)CCN1C(=O)C2CCCCC2C1=O. The molecule has 9 heteroatoms. The lowest BCUT2D eigenvalue weighted by molar-refractivity contribution is -0.140. The molecule has 180 valence electrons. The van der Waals surface area contributed by atoms with E-state index in [1.54, 1.807) is 31.5 Å². The van der Waals surface area contributed by atoms with Crippen molar-refractivity contribution in [2.75, 3.05) is 25.6 Å². The van der Waals surface area contributed by atoms with Crippen molar-refractivity contribution in [2.24, 2.45) is 11.8 Å². The largest absolute Gasteiger partial charge is 0.497 e. The highest BCUT2D eigenvalue weighted by atomic mass is 32.1. The molecule has 0 spiro atoms. The topological polar surface area (TPSA) is 102 Å². The van der Waals surface area contributed by atoms with Gasteiger partial charge in [0.05, 0.1) is 25.6 Å². The van der Waals surface area contributed by atoms with E-state index in [0.717, 1.165) is 31.2 Å². The molecule has 1 aromatic heterocycles. The summed E-state index contributed by atoms with van der Waals surface area (Å²) >= 11 is 1.23. The van der Waals surface area contributed by atoms with Crippen molar-refractivity contribution in [3.8, 4) is 16.9 Å². The summed E-state index contributed by atoms with van der Waals surface area (Å²) in [7, 11) is 1.58. The third kappa shape index (κ3) is 4.70. The van der Waals surface area contributed by atoms with E-state index in [9.17, 15) is 19.2 Å². The monoisotopic (exact) mass is 484 g/mol. The zero-order valence-electron chi connectivity index (χ0n) is 19.3. The molecule has 4 rings (SSSR count). The molecule has 0 radical (unpaired) electrons. The molecule has 2 fully saturated rings. The van der Waals surface area contributed by atoms with Gasteiger partial charge >= 0.3 is 5.97 Å². The van der Waals surface area contributed by atoms with Crippen LogP contribution in [0.4, 0.5) is 5.00 Å². The van der Waals surface area contributed by atoms with E-state index < -0.39 is 5.97 Å². The summed E-state index contributed by atoms with van der Waals surface area (Å²) in [6.45, 7) is 1.96. The van der Waals surface area contributed by atoms with Crippen molar-refractivity contribution >= 4 is 40.0 Å². The van der Waals surface area contributed by atoms with Gasteiger partial charge in [-0.3, -0.25) is 19.3 Å². The standard InChI is InChI=1S/C25H28N2O6S/c1-3-33-25(31)21-19(15-8-10-16(32-2)11-9-15)14-34-22(21)26-20(28)12-13-27-23(29)17-6-4-5-7-18(17)24(27)30/h8-11,14,17-18H,3-7,12-13H2,1-2H3,(H,26,28). The van der Waals surface area contributed by atoms with Crippen LogP contribution in [0.3, 0.4) is 0 Å². The number of hydrogen-bond donors (Lipinski definition) is 1. The Morgan fingerprint density at radius 3 is 2.32 bits per heavy atom. The second-order valence-corrected chi connectivity index (χ2v) is 9.31. The molecular formula is C25H28N2O6S. The fourth-order valence-electron chi connectivity index (χ4n) is 4.69. The van der Waals surface area contributed by atoms with E-state index in [4.69, 9.17) is 9.47 Å². The number of hydrogen-bond acceptors (Lipinski definition) is 7. The fourth-order valence-corrected chi connectivity index (χ4v) is 5.67. The number of nitrogens with one attached hydrogen (secondary N) is 1. The Bertz CT molecular complexity index is 1070. The molecule has 34 heavy (non-hydrogen) atoms. The van der Waals surface area contributed by atoms with Gasteiger partial charge in [-0.1, -0.05) is 25.0 Å². The van der Waals surface area contributed by atoms with Crippen LogP contribution in [-0.4, -0.2) is 48.9 Å². The predicted molar refractivity (Wildman–Crippen MR) is 128 cm³/mol. The molecule has 1 aliphatic heterocycles. The molecule has 3 amide bonds. The first kappa shape index (κ1) is 23.9. The molecule has 2 heterocycles. The highest BCUT2D eigenvalue weighted by Crippen LogP contribution is 2.39. The van der Waals surface area contributed by atoms with E-state index in [0.29, 0.717) is 16.3 Å². The number of benzene rings is 1. The Kier molecular flexibility index (Phi) is 7.31. The number of anilines is 1. The molecule has 2 aromatic rings. The molecule has 0 bridgehead atoms. The van der Waals surface area contributed by atoms with Gasteiger partial charge in [-0.25, -0.2) is 4.79 Å². The lowest BCUT2D eigenvalue weighted by Gasteiger charge is -2.19. The van der Waals surface area contributed by atoms with E-state index in [-0.39, 0.29) is 54.7 Å². The normalized spacial score (nSPS) is 19.6. The highest BCUT2D eigenvalue weighted by molar-refractivity contribution is 7.15. The number of carbonyl (C=O) groups excluding carboxylic acids is 4. The molecule has 1 saturated heterocycles. The first-order chi connectivity index (χ1) is 16.4. The minimum absolute atomic E-state index is 0.0328. The number of rotatable bonds is 8. The zero-order chi connectivity index (χ0) is 24.2. The quantitative estimate of drug-likeness (QED) is 0.447. The van der Waals surface area contributed by atoms with E-state index >= 15 is 0 Å². The molecule has 2 atom stereocenters. The second-order valence-electron chi connectivity index (χ2n) is 8.43. The maximum Gasteiger partial charge on any atom is 0.341 e. The Balaban J connectivity index is 1.47. The summed E-state index contributed by atoms with van der Waals surface area (Å²) in [6.07, 6.45) is 3.36. The number of likely N-dealkylation sites (tertiary alicyclic amines) is 1. The lowest BCUT2D eigenvalue weighted by atomic mass is 9.81. The summed E-state index contributed by atoms with van der Waals surface area (Å²) in [5, 5.41) is 4.95. The van der Waals surface area contributed by atoms with Crippen LogP contribution in [0.5, 0.6) is 5.75 Å². The van der Waals surface area contributed by atoms with E-state index in [1.807, 2.05) is 12.1 Å². The first-order valence-electron chi connectivity index (χ1n) is 11.5. The molecule has 1 aromatic carbocycles. The van der Waals surface area contributed by atoms with Gasteiger partial charge in [0, 0.05) is 23.9 Å². The van der Waals surface area contributed by atoms with Crippen LogP contribution >= 0.6 is 11.3 Å². The molecule has 1 saturated carbocycles. The fraction of sp³-hybridized carbons (Fsp3) is 0.440. The molecule has 1 aliphatic carbocycles.